The average molecular weight is 158 g/mol. The Morgan fingerprint density at radius 3 is 2.55 bits per heavy atom. The van der Waals surface area contributed by atoms with Crippen LogP contribution in [0.5, 0.6) is 0 Å². The molecule has 0 aromatic rings. The molecule has 5 nitrogen and oxygen atoms in total. The molecule has 0 saturated carbocycles. The monoisotopic (exact) mass is 158 g/mol. The Kier molecular flexibility index (Phi) is 2.09. The lowest BCUT2D eigenvalue weighted by Crippen LogP contribution is -2.31. The maximum atomic E-state index is 11.0. The highest BCUT2D eigenvalue weighted by Crippen LogP contribution is 2.05. The maximum Gasteiger partial charge on any atom is 0.327 e. The second kappa shape index (κ2) is 2.87. The molecule has 62 valence electrons. The van der Waals surface area contributed by atoms with Crippen molar-refractivity contribution in [3.8, 4) is 0 Å². The minimum absolute atomic E-state index is 0.0931. The van der Waals surface area contributed by atoms with Gasteiger partial charge in [-0.15, -0.1) is 0 Å². The zero-order chi connectivity index (χ0) is 8.43. The smallest absolute Gasteiger partial charge is 0.327 e. The first-order valence-electron chi connectivity index (χ1n) is 3.33. The van der Waals surface area contributed by atoms with Gasteiger partial charge in [0.2, 0.25) is 5.91 Å². The molecule has 0 bridgehead atoms. The summed E-state index contributed by atoms with van der Waals surface area (Å²) in [6.45, 7) is 0.220. The van der Waals surface area contributed by atoms with Gasteiger partial charge in [-0.25, -0.2) is 4.79 Å². The molecule has 0 radical (unpaired) electrons. The number of aliphatic hydroxyl groups is 1. The Morgan fingerprint density at radius 2 is 2.18 bits per heavy atom. The van der Waals surface area contributed by atoms with Crippen LogP contribution in [-0.2, 0) is 4.79 Å². The molecule has 1 heterocycles. The standard InChI is InChI=1S/C6H10N2O3/c1-7-5(10)4-8(2-3-9)6(7)11/h9H,2-4H2,1H3. The van der Waals surface area contributed by atoms with Crippen LogP contribution in [-0.4, -0.2) is 53.6 Å². The fraction of sp³-hybridized carbons (Fsp3) is 0.667. The average Bonchev–Trinajstić information content (AvgIpc) is 2.19. The fourth-order valence-electron chi connectivity index (χ4n) is 0.951. The van der Waals surface area contributed by atoms with Gasteiger partial charge < -0.3 is 10.0 Å². The number of nitrogens with zero attached hydrogens (tertiary/aromatic N) is 2. The van der Waals surface area contributed by atoms with E-state index in [9.17, 15) is 9.59 Å². The Hall–Kier alpha value is -1.10. The second-order valence-electron chi connectivity index (χ2n) is 2.38. The summed E-state index contributed by atoms with van der Waals surface area (Å²) in [5.74, 6) is -0.219. The van der Waals surface area contributed by atoms with Gasteiger partial charge in [-0.2, -0.15) is 0 Å². The van der Waals surface area contributed by atoms with E-state index < -0.39 is 0 Å². The number of urea groups is 1. The van der Waals surface area contributed by atoms with E-state index in [4.69, 9.17) is 5.11 Å². The summed E-state index contributed by atoms with van der Waals surface area (Å²) in [6, 6.07) is -0.330. The van der Waals surface area contributed by atoms with Crippen molar-refractivity contribution in [1.82, 2.24) is 9.80 Å². The van der Waals surface area contributed by atoms with Crippen molar-refractivity contribution in [1.29, 1.82) is 0 Å². The first-order valence-corrected chi connectivity index (χ1v) is 3.33. The number of hydrogen-bond acceptors (Lipinski definition) is 3. The lowest BCUT2D eigenvalue weighted by atomic mass is 10.5. The van der Waals surface area contributed by atoms with Crippen LogP contribution in [0.3, 0.4) is 0 Å². The summed E-state index contributed by atoms with van der Waals surface area (Å²) in [4.78, 5) is 24.2. The summed E-state index contributed by atoms with van der Waals surface area (Å²) in [5, 5.41) is 8.49. The van der Waals surface area contributed by atoms with Crippen molar-refractivity contribution in [3.05, 3.63) is 0 Å². The molecule has 0 spiro atoms. The second-order valence-corrected chi connectivity index (χ2v) is 2.38. The fourth-order valence-corrected chi connectivity index (χ4v) is 0.951. The molecule has 1 aliphatic rings. The van der Waals surface area contributed by atoms with Gasteiger partial charge in [-0.1, -0.05) is 0 Å². The van der Waals surface area contributed by atoms with Gasteiger partial charge in [0.1, 0.15) is 6.54 Å². The van der Waals surface area contributed by atoms with E-state index in [0.717, 1.165) is 4.90 Å². The molecule has 0 atom stereocenters. The number of amides is 3. The summed E-state index contributed by atoms with van der Waals surface area (Å²) >= 11 is 0. The van der Waals surface area contributed by atoms with Crippen LogP contribution in [0.15, 0.2) is 0 Å². The van der Waals surface area contributed by atoms with Crippen molar-refractivity contribution in [2.24, 2.45) is 0 Å². The van der Waals surface area contributed by atoms with E-state index in [0.29, 0.717) is 0 Å². The summed E-state index contributed by atoms with van der Waals surface area (Å²) < 4.78 is 0. The van der Waals surface area contributed by atoms with Gasteiger partial charge in [0.15, 0.2) is 0 Å². The zero-order valence-corrected chi connectivity index (χ0v) is 6.28. The molecule has 5 heteroatoms. The number of aliphatic hydroxyl groups excluding tert-OH is 1. The number of imide groups is 1. The van der Waals surface area contributed by atoms with Crippen LogP contribution in [0.1, 0.15) is 0 Å². The molecule has 0 aliphatic carbocycles. The first-order chi connectivity index (χ1) is 5.16. The van der Waals surface area contributed by atoms with E-state index in [1.807, 2.05) is 0 Å². The number of rotatable bonds is 2. The number of likely N-dealkylation sites (N-methyl/N-ethyl adjacent to an activating group) is 1. The molecule has 0 aromatic carbocycles. The normalized spacial score (nSPS) is 18.4. The van der Waals surface area contributed by atoms with Crippen LogP contribution in [0.4, 0.5) is 4.79 Å². The Morgan fingerprint density at radius 1 is 1.55 bits per heavy atom. The quantitative estimate of drug-likeness (QED) is 0.517. The maximum absolute atomic E-state index is 11.0. The van der Waals surface area contributed by atoms with E-state index in [2.05, 4.69) is 0 Å². The highest BCUT2D eigenvalue weighted by atomic mass is 16.3. The number of β-amino-alcohol motifs (C(OH)–C–C–N with tert-alkyl or cyclic N) is 1. The highest BCUT2D eigenvalue weighted by molar-refractivity contribution is 6.01. The lowest BCUT2D eigenvalue weighted by molar-refractivity contribution is -0.124. The Balaban J connectivity index is 2.60. The van der Waals surface area contributed by atoms with Gasteiger partial charge >= 0.3 is 6.03 Å². The van der Waals surface area contributed by atoms with Crippen LogP contribution in [0, 0.1) is 0 Å². The van der Waals surface area contributed by atoms with E-state index >= 15 is 0 Å². The topological polar surface area (TPSA) is 60.9 Å². The molecule has 0 aromatic heterocycles. The lowest BCUT2D eigenvalue weighted by Gasteiger charge is -2.11. The molecule has 1 fully saturated rings. The number of hydrogen-bond donors (Lipinski definition) is 1. The molecular formula is C6H10N2O3. The van der Waals surface area contributed by atoms with Gasteiger partial charge in [0.05, 0.1) is 6.61 Å². The third-order valence-electron chi connectivity index (χ3n) is 1.63. The van der Waals surface area contributed by atoms with Crippen molar-refractivity contribution in [3.63, 3.8) is 0 Å². The minimum Gasteiger partial charge on any atom is -0.395 e. The van der Waals surface area contributed by atoms with Gasteiger partial charge in [0, 0.05) is 13.6 Å². The Bertz CT molecular complexity index is 192. The van der Waals surface area contributed by atoms with Crippen LogP contribution < -0.4 is 0 Å². The van der Waals surface area contributed by atoms with Crippen LogP contribution in [0.2, 0.25) is 0 Å². The Labute approximate surface area is 64.2 Å². The van der Waals surface area contributed by atoms with Gasteiger partial charge in [0.25, 0.3) is 0 Å². The van der Waals surface area contributed by atoms with Crippen molar-refractivity contribution >= 4 is 11.9 Å². The SMILES string of the molecule is CN1C(=O)CN(CCO)C1=O. The highest BCUT2D eigenvalue weighted by Gasteiger charge is 2.31. The third-order valence-corrected chi connectivity index (χ3v) is 1.63. The van der Waals surface area contributed by atoms with Crippen molar-refractivity contribution in [2.45, 2.75) is 0 Å². The van der Waals surface area contributed by atoms with E-state index in [-0.39, 0.29) is 31.6 Å². The largest absolute Gasteiger partial charge is 0.395 e. The van der Waals surface area contributed by atoms with Crippen LogP contribution in [0.25, 0.3) is 0 Å². The molecule has 1 rings (SSSR count). The van der Waals surface area contributed by atoms with E-state index in [1.54, 1.807) is 0 Å². The van der Waals surface area contributed by atoms with Crippen LogP contribution >= 0.6 is 0 Å². The van der Waals surface area contributed by atoms with Gasteiger partial charge in [-0.3, -0.25) is 9.69 Å². The van der Waals surface area contributed by atoms with Crippen molar-refractivity contribution in [2.75, 3.05) is 26.7 Å². The third kappa shape index (κ3) is 1.32. The molecule has 1 saturated heterocycles. The zero-order valence-electron chi connectivity index (χ0n) is 6.28. The summed E-state index contributed by atoms with van der Waals surface area (Å²) in [5.41, 5.74) is 0. The number of carbonyl (C=O) groups excluding carboxylic acids is 2. The number of carbonyl (C=O) groups is 2. The first kappa shape index (κ1) is 8.00. The summed E-state index contributed by atoms with van der Waals surface area (Å²) in [7, 11) is 1.43. The molecular weight excluding hydrogens is 148 g/mol. The summed E-state index contributed by atoms with van der Waals surface area (Å²) in [6.07, 6.45) is 0. The minimum atomic E-state index is -0.330. The molecule has 3 amide bonds. The molecule has 0 unspecified atom stereocenters. The van der Waals surface area contributed by atoms with Crippen molar-refractivity contribution < 1.29 is 14.7 Å². The predicted octanol–water partition coefficient (Wildman–Crippen LogP) is -1.13. The van der Waals surface area contributed by atoms with Gasteiger partial charge in [-0.05, 0) is 0 Å². The molecule has 1 N–H and O–H groups in total. The predicted molar refractivity (Wildman–Crippen MR) is 36.8 cm³/mol. The van der Waals surface area contributed by atoms with E-state index in [1.165, 1.54) is 11.9 Å². The molecule has 11 heavy (non-hydrogen) atoms. The molecule has 1 aliphatic heterocycles.